The lowest BCUT2D eigenvalue weighted by Gasteiger charge is -2.25. The molecule has 0 bridgehead atoms. The van der Waals surface area contributed by atoms with Gasteiger partial charge >= 0.3 is 0 Å². The van der Waals surface area contributed by atoms with Gasteiger partial charge in [0, 0.05) is 19.2 Å². The van der Waals surface area contributed by atoms with Crippen molar-refractivity contribution in [3.8, 4) is 5.75 Å². The fourth-order valence-electron chi connectivity index (χ4n) is 3.41. The molecule has 0 saturated carbocycles. The van der Waals surface area contributed by atoms with E-state index < -0.39 is 23.5 Å². The van der Waals surface area contributed by atoms with E-state index in [0.29, 0.717) is 16.9 Å². The minimum atomic E-state index is -0.840. The summed E-state index contributed by atoms with van der Waals surface area (Å²) >= 11 is 0. The Hall–Kier alpha value is -3.19. The summed E-state index contributed by atoms with van der Waals surface area (Å²) in [6.07, 6.45) is -0.00553. The van der Waals surface area contributed by atoms with Crippen LogP contribution in [0.2, 0.25) is 0 Å². The summed E-state index contributed by atoms with van der Waals surface area (Å²) < 4.78 is 24.1. The average Bonchev–Trinajstić information content (AvgIpc) is 2.97. The van der Waals surface area contributed by atoms with Crippen LogP contribution in [0.3, 0.4) is 0 Å². The molecular weight excluding hydrogens is 389 g/mol. The molecule has 0 radical (unpaired) electrons. The highest BCUT2D eigenvalue weighted by Crippen LogP contribution is 2.39. The molecule has 1 aliphatic rings. The second-order valence-corrected chi connectivity index (χ2v) is 7.23. The van der Waals surface area contributed by atoms with Crippen LogP contribution in [0.4, 0.5) is 4.39 Å². The third kappa shape index (κ3) is 4.36. The van der Waals surface area contributed by atoms with Gasteiger partial charge in [-0.25, -0.2) is 4.39 Å². The molecular formula is C23H24FNO5. The van der Waals surface area contributed by atoms with Crippen LogP contribution in [-0.4, -0.2) is 48.1 Å². The maximum atomic E-state index is 13.4. The fraction of sp³-hybridized carbons (Fsp3) is 0.304. The van der Waals surface area contributed by atoms with Gasteiger partial charge < -0.3 is 19.5 Å². The van der Waals surface area contributed by atoms with Crippen LogP contribution in [0.15, 0.2) is 54.1 Å². The van der Waals surface area contributed by atoms with Crippen molar-refractivity contribution < 1.29 is 28.6 Å². The first-order valence-electron chi connectivity index (χ1n) is 9.63. The van der Waals surface area contributed by atoms with E-state index in [1.807, 2.05) is 13.8 Å². The Morgan fingerprint density at radius 1 is 1.10 bits per heavy atom. The zero-order valence-electron chi connectivity index (χ0n) is 17.1. The minimum absolute atomic E-state index is 0.00553. The molecule has 6 nitrogen and oxygen atoms in total. The molecule has 0 aliphatic carbocycles. The first-order valence-corrected chi connectivity index (χ1v) is 9.63. The number of carbonyl (C=O) groups is 2. The number of methoxy groups -OCH3 is 1. The van der Waals surface area contributed by atoms with Gasteiger partial charge in [-0.2, -0.15) is 0 Å². The molecule has 1 amide bonds. The molecule has 1 saturated heterocycles. The number of aliphatic hydroxyl groups is 1. The van der Waals surface area contributed by atoms with Crippen LogP contribution >= 0.6 is 0 Å². The molecule has 2 aromatic rings. The van der Waals surface area contributed by atoms with Crippen LogP contribution in [0.1, 0.15) is 31.0 Å². The smallest absolute Gasteiger partial charge is 0.295 e. The Labute approximate surface area is 174 Å². The van der Waals surface area contributed by atoms with Crippen LogP contribution in [0.25, 0.3) is 5.76 Å². The van der Waals surface area contributed by atoms with Crippen molar-refractivity contribution in [1.29, 1.82) is 0 Å². The summed E-state index contributed by atoms with van der Waals surface area (Å²) in [4.78, 5) is 26.8. The highest BCUT2D eigenvalue weighted by atomic mass is 19.1. The number of benzene rings is 2. The van der Waals surface area contributed by atoms with E-state index in [1.165, 1.54) is 36.3 Å². The Morgan fingerprint density at radius 2 is 1.73 bits per heavy atom. The lowest BCUT2D eigenvalue weighted by atomic mass is 9.95. The predicted molar refractivity (Wildman–Crippen MR) is 109 cm³/mol. The number of likely N-dealkylation sites (tertiary alicyclic amines) is 1. The van der Waals surface area contributed by atoms with Gasteiger partial charge in [0.15, 0.2) is 0 Å². The molecule has 0 spiro atoms. The van der Waals surface area contributed by atoms with Crippen molar-refractivity contribution in [2.75, 3.05) is 20.3 Å². The maximum Gasteiger partial charge on any atom is 0.295 e. The average molecular weight is 413 g/mol. The van der Waals surface area contributed by atoms with Gasteiger partial charge in [-0.1, -0.05) is 12.1 Å². The van der Waals surface area contributed by atoms with E-state index in [1.54, 1.807) is 24.3 Å². The zero-order chi connectivity index (χ0) is 21.8. The lowest BCUT2D eigenvalue weighted by Crippen LogP contribution is -2.32. The normalized spacial score (nSPS) is 18.3. The van der Waals surface area contributed by atoms with E-state index in [2.05, 4.69) is 0 Å². The second-order valence-electron chi connectivity index (χ2n) is 7.23. The predicted octanol–water partition coefficient (Wildman–Crippen LogP) is 3.68. The second kappa shape index (κ2) is 9.09. The minimum Gasteiger partial charge on any atom is -0.507 e. The number of hydrogen-bond donors (Lipinski definition) is 1. The van der Waals surface area contributed by atoms with E-state index in [4.69, 9.17) is 9.47 Å². The van der Waals surface area contributed by atoms with E-state index in [0.717, 1.165) is 0 Å². The molecule has 1 atom stereocenters. The van der Waals surface area contributed by atoms with Crippen molar-refractivity contribution in [2.45, 2.75) is 26.0 Å². The molecule has 7 heteroatoms. The number of ketones is 1. The van der Waals surface area contributed by atoms with Crippen LogP contribution < -0.4 is 4.74 Å². The molecule has 2 aromatic carbocycles. The van der Waals surface area contributed by atoms with Crippen LogP contribution in [0.5, 0.6) is 5.75 Å². The summed E-state index contributed by atoms with van der Waals surface area (Å²) in [6, 6.07) is 11.3. The monoisotopic (exact) mass is 413 g/mol. The first-order chi connectivity index (χ1) is 14.3. The Bertz CT molecular complexity index is 951. The number of nitrogens with zero attached hydrogens (tertiary/aromatic N) is 1. The molecule has 1 fully saturated rings. The standard InChI is InChI=1S/C23H24FNO5/c1-14(2)30-18-10-6-16(7-11-18)21(26)19-20(15-4-8-17(24)9-5-15)25(12-13-29-3)23(28)22(19)27/h4-11,14,20,26H,12-13H2,1-3H3/b21-19-. The number of ether oxygens (including phenoxy) is 2. The van der Waals surface area contributed by atoms with Crippen molar-refractivity contribution in [2.24, 2.45) is 0 Å². The summed E-state index contributed by atoms with van der Waals surface area (Å²) in [5.74, 6) is -1.63. The van der Waals surface area contributed by atoms with Gasteiger partial charge in [-0.05, 0) is 55.8 Å². The molecule has 1 N–H and O–H groups in total. The molecule has 158 valence electrons. The van der Waals surface area contributed by atoms with Crippen molar-refractivity contribution in [3.05, 3.63) is 71.0 Å². The quantitative estimate of drug-likeness (QED) is 0.426. The van der Waals surface area contributed by atoms with E-state index in [9.17, 15) is 19.1 Å². The molecule has 1 heterocycles. The topological polar surface area (TPSA) is 76.1 Å². The van der Waals surface area contributed by atoms with E-state index >= 15 is 0 Å². The Kier molecular flexibility index (Phi) is 6.52. The number of amides is 1. The fourth-order valence-corrected chi connectivity index (χ4v) is 3.41. The highest BCUT2D eigenvalue weighted by molar-refractivity contribution is 6.46. The number of Topliss-reactive ketones (excluding diaryl/α,β-unsaturated/α-hetero) is 1. The number of rotatable bonds is 7. The Morgan fingerprint density at radius 3 is 2.30 bits per heavy atom. The van der Waals surface area contributed by atoms with Crippen LogP contribution in [0, 0.1) is 5.82 Å². The summed E-state index contributed by atoms with van der Waals surface area (Å²) in [7, 11) is 1.49. The third-order valence-electron chi connectivity index (χ3n) is 4.76. The molecule has 1 unspecified atom stereocenters. The number of carbonyl (C=O) groups excluding carboxylic acids is 2. The van der Waals surface area contributed by atoms with Crippen LogP contribution in [-0.2, 0) is 14.3 Å². The molecule has 3 rings (SSSR count). The number of hydrogen-bond acceptors (Lipinski definition) is 5. The van der Waals surface area contributed by atoms with Gasteiger partial charge in [0.05, 0.1) is 24.3 Å². The van der Waals surface area contributed by atoms with Gasteiger partial charge in [0.1, 0.15) is 17.3 Å². The molecule has 30 heavy (non-hydrogen) atoms. The van der Waals surface area contributed by atoms with E-state index in [-0.39, 0.29) is 30.6 Å². The Balaban J connectivity index is 2.07. The highest BCUT2D eigenvalue weighted by Gasteiger charge is 2.45. The van der Waals surface area contributed by atoms with Gasteiger partial charge in [0.2, 0.25) is 0 Å². The SMILES string of the molecule is COCCN1C(=O)C(=O)/C(=C(\O)c2ccc(OC(C)C)cc2)C1c1ccc(F)cc1. The number of aliphatic hydroxyl groups excluding tert-OH is 1. The first kappa shape index (κ1) is 21.5. The van der Waals surface area contributed by atoms with Crippen molar-refractivity contribution in [1.82, 2.24) is 4.90 Å². The molecule has 1 aliphatic heterocycles. The van der Waals surface area contributed by atoms with Crippen molar-refractivity contribution >= 4 is 17.4 Å². The summed E-state index contributed by atoms with van der Waals surface area (Å²) in [5.41, 5.74) is 0.858. The largest absolute Gasteiger partial charge is 0.507 e. The summed E-state index contributed by atoms with van der Waals surface area (Å²) in [5, 5.41) is 10.9. The summed E-state index contributed by atoms with van der Waals surface area (Å²) in [6.45, 7) is 4.17. The number of halogens is 1. The maximum absolute atomic E-state index is 13.4. The third-order valence-corrected chi connectivity index (χ3v) is 4.76. The van der Waals surface area contributed by atoms with Gasteiger partial charge in [-0.3, -0.25) is 9.59 Å². The van der Waals surface area contributed by atoms with Gasteiger partial charge in [-0.15, -0.1) is 0 Å². The lowest BCUT2D eigenvalue weighted by molar-refractivity contribution is -0.140. The zero-order valence-corrected chi connectivity index (χ0v) is 17.1. The molecule has 0 aromatic heterocycles. The van der Waals surface area contributed by atoms with Crippen molar-refractivity contribution in [3.63, 3.8) is 0 Å². The van der Waals surface area contributed by atoms with Gasteiger partial charge in [0.25, 0.3) is 11.7 Å².